The predicted molar refractivity (Wildman–Crippen MR) is 147 cm³/mol. The van der Waals surface area contributed by atoms with Gasteiger partial charge in [-0.05, 0) is 79.1 Å². The zero-order valence-electron chi connectivity index (χ0n) is 20.0. The molecule has 1 aromatic heterocycles. The summed E-state index contributed by atoms with van der Waals surface area (Å²) in [5.74, 6) is -1.28. The van der Waals surface area contributed by atoms with Crippen LogP contribution in [0.5, 0.6) is 11.6 Å². The van der Waals surface area contributed by atoms with E-state index in [1.54, 1.807) is 34.9 Å². The fraction of sp³-hybridized carbons (Fsp3) is 0.0690. The van der Waals surface area contributed by atoms with E-state index in [9.17, 15) is 20.1 Å². The summed E-state index contributed by atoms with van der Waals surface area (Å²) in [6.07, 6.45) is 0. The zero-order chi connectivity index (χ0) is 26.3. The first kappa shape index (κ1) is 24.3. The number of hydrogen-bond donors (Lipinski definition) is 3. The van der Waals surface area contributed by atoms with Crippen LogP contribution in [0.1, 0.15) is 21.5 Å². The van der Waals surface area contributed by atoms with Crippen molar-refractivity contribution in [3.05, 3.63) is 100 Å². The number of carboxylic acid groups (broad SMARTS) is 1. The molecule has 0 saturated carbocycles. The second kappa shape index (κ2) is 9.55. The summed E-state index contributed by atoms with van der Waals surface area (Å²) in [6.45, 7) is 4.04. The van der Waals surface area contributed by atoms with E-state index in [1.807, 2.05) is 50.2 Å². The minimum Gasteiger partial charge on any atom is -0.505 e. The topological polar surface area (TPSA) is 107 Å². The van der Waals surface area contributed by atoms with Gasteiger partial charge in [0.1, 0.15) is 5.69 Å². The lowest BCUT2D eigenvalue weighted by Gasteiger charge is -2.09. The van der Waals surface area contributed by atoms with Crippen LogP contribution in [0.25, 0.3) is 27.7 Å². The van der Waals surface area contributed by atoms with E-state index in [2.05, 4.69) is 26.2 Å². The van der Waals surface area contributed by atoms with Crippen LogP contribution in [0.4, 0.5) is 11.4 Å². The van der Waals surface area contributed by atoms with Crippen LogP contribution in [0.3, 0.4) is 0 Å². The van der Waals surface area contributed by atoms with Crippen molar-refractivity contribution >= 4 is 44.2 Å². The molecule has 0 unspecified atom stereocenters. The van der Waals surface area contributed by atoms with Gasteiger partial charge in [0, 0.05) is 21.1 Å². The van der Waals surface area contributed by atoms with Crippen molar-refractivity contribution in [3.63, 3.8) is 0 Å². The normalized spacial score (nSPS) is 11.4. The molecule has 0 atom stereocenters. The highest BCUT2D eigenvalue weighted by molar-refractivity contribution is 9.10. The Morgan fingerprint density at radius 2 is 1.65 bits per heavy atom. The van der Waals surface area contributed by atoms with Gasteiger partial charge in [-0.2, -0.15) is 0 Å². The van der Waals surface area contributed by atoms with Gasteiger partial charge in [-0.3, -0.25) is 4.57 Å². The molecule has 184 valence electrons. The first-order valence-electron chi connectivity index (χ1n) is 11.4. The third-order valence-corrected chi connectivity index (χ3v) is 6.81. The Morgan fingerprint density at radius 1 is 0.865 bits per heavy atom. The average Bonchev–Trinajstić information content (AvgIpc) is 3.15. The van der Waals surface area contributed by atoms with Gasteiger partial charge in [-0.25, -0.2) is 4.79 Å². The quantitative estimate of drug-likeness (QED) is 0.190. The van der Waals surface area contributed by atoms with E-state index < -0.39 is 5.97 Å². The molecule has 0 radical (unpaired) electrons. The third-order valence-electron chi connectivity index (χ3n) is 6.32. The molecule has 0 aliphatic heterocycles. The highest BCUT2D eigenvalue weighted by Crippen LogP contribution is 2.44. The van der Waals surface area contributed by atoms with Crippen molar-refractivity contribution in [1.82, 2.24) is 4.57 Å². The number of carboxylic acids is 1. The van der Waals surface area contributed by atoms with E-state index in [1.165, 1.54) is 12.1 Å². The van der Waals surface area contributed by atoms with E-state index in [0.717, 1.165) is 26.8 Å². The number of aryl methyl sites for hydroxylation is 2. The van der Waals surface area contributed by atoms with Gasteiger partial charge in [-0.1, -0.05) is 46.3 Å². The molecule has 0 aliphatic carbocycles. The Labute approximate surface area is 221 Å². The number of phenolic OH excluding ortho intramolecular Hbond substituents is 1. The third kappa shape index (κ3) is 4.47. The molecule has 37 heavy (non-hydrogen) atoms. The summed E-state index contributed by atoms with van der Waals surface area (Å²) in [5.41, 5.74) is 5.27. The lowest BCUT2D eigenvalue weighted by atomic mass is 10.0. The van der Waals surface area contributed by atoms with Crippen LogP contribution in [0, 0.1) is 13.8 Å². The average molecular weight is 556 g/mol. The van der Waals surface area contributed by atoms with Crippen LogP contribution in [-0.4, -0.2) is 25.9 Å². The minimum absolute atomic E-state index is 0.0788. The Balaban J connectivity index is 1.62. The number of carbonyl (C=O) groups is 1. The number of nitrogens with zero attached hydrogens (tertiary/aromatic N) is 3. The van der Waals surface area contributed by atoms with Gasteiger partial charge in [0.2, 0.25) is 5.88 Å². The Hall–Kier alpha value is -4.43. The number of halogens is 1. The predicted octanol–water partition coefficient (Wildman–Crippen LogP) is 8.20. The fourth-order valence-electron chi connectivity index (χ4n) is 4.22. The lowest BCUT2D eigenvalue weighted by Crippen LogP contribution is -1.95. The molecule has 3 N–H and O–H groups in total. The number of aromatic carboxylic acids is 1. The Kier molecular flexibility index (Phi) is 6.27. The van der Waals surface area contributed by atoms with Crippen molar-refractivity contribution in [2.75, 3.05) is 0 Å². The largest absolute Gasteiger partial charge is 0.505 e. The molecule has 5 rings (SSSR count). The van der Waals surface area contributed by atoms with Crippen LogP contribution >= 0.6 is 15.9 Å². The summed E-state index contributed by atoms with van der Waals surface area (Å²) in [6, 6.07) is 22.8. The highest BCUT2D eigenvalue weighted by atomic mass is 79.9. The molecule has 0 saturated heterocycles. The SMILES string of the molecule is Cc1ccc(-n2c(O)c(N=Nc3cccc(-c4cccc(C(=O)O)c4)c3O)c3ccc(Br)cc32)cc1C. The van der Waals surface area contributed by atoms with Gasteiger partial charge >= 0.3 is 5.97 Å². The number of azo groups is 1. The van der Waals surface area contributed by atoms with Gasteiger partial charge < -0.3 is 15.3 Å². The number of benzene rings is 4. The van der Waals surface area contributed by atoms with Crippen LogP contribution in [0.2, 0.25) is 0 Å². The summed E-state index contributed by atoms with van der Waals surface area (Å²) < 4.78 is 2.56. The maximum absolute atomic E-state index is 11.4. The summed E-state index contributed by atoms with van der Waals surface area (Å²) >= 11 is 3.51. The summed E-state index contributed by atoms with van der Waals surface area (Å²) in [7, 11) is 0. The van der Waals surface area contributed by atoms with Crippen molar-refractivity contribution in [2.24, 2.45) is 10.2 Å². The first-order chi connectivity index (χ1) is 17.7. The van der Waals surface area contributed by atoms with Crippen LogP contribution in [0.15, 0.2) is 93.6 Å². The molecule has 0 spiro atoms. The van der Waals surface area contributed by atoms with Gasteiger partial charge in [0.25, 0.3) is 0 Å². The number of aromatic hydroxyl groups is 2. The van der Waals surface area contributed by atoms with Crippen molar-refractivity contribution < 1.29 is 20.1 Å². The first-order valence-corrected chi connectivity index (χ1v) is 12.2. The standard InChI is InChI=1S/C29H22BrN3O4/c1-16-9-11-21(13-17(16)2)33-25-15-20(30)10-12-23(25)26(28(33)35)32-31-24-8-4-7-22(27(24)34)18-5-3-6-19(14-18)29(36)37/h3-15,34-35H,1-2H3,(H,36,37). The second-order valence-electron chi connectivity index (χ2n) is 8.70. The number of phenols is 1. The van der Waals surface area contributed by atoms with E-state index >= 15 is 0 Å². The van der Waals surface area contributed by atoms with Crippen molar-refractivity contribution in [3.8, 4) is 28.4 Å². The van der Waals surface area contributed by atoms with Gasteiger partial charge in [0.05, 0.1) is 11.1 Å². The number of hydrogen-bond acceptors (Lipinski definition) is 5. The van der Waals surface area contributed by atoms with Gasteiger partial charge in [-0.15, -0.1) is 10.2 Å². The summed E-state index contributed by atoms with van der Waals surface area (Å²) in [5, 5.41) is 40.8. The molecular weight excluding hydrogens is 534 g/mol. The fourth-order valence-corrected chi connectivity index (χ4v) is 4.57. The molecule has 7 nitrogen and oxygen atoms in total. The summed E-state index contributed by atoms with van der Waals surface area (Å²) in [4.78, 5) is 11.4. The zero-order valence-corrected chi connectivity index (χ0v) is 21.6. The Bertz CT molecular complexity index is 1720. The molecule has 8 heteroatoms. The van der Waals surface area contributed by atoms with Crippen molar-refractivity contribution in [2.45, 2.75) is 13.8 Å². The molecule has 5 aromatic rings. The second-order valence-corrected chi connectivity index (χ2v) is 9.61. The van der Waals surface area contributed by atoms with E-state index in [0.29, 0.717) is 16.5 Å². The molecular formula is C29H22BrN3O4. The monoisotopic (exact) mass is 555 g/mol. The van der Waals surface area contributed by atoms with E-state index in [4.69, 9.17) is 0 Å². The number of rotatable bonds is 5. The minimum atomic E-state index is -1.06. The Morgan fingerprint density at radius 3 is 2.41 bits per heavy atom. The molecule has 0 fully saturated rings. The van der Waals surface area contributed by atoms with Crippen LogP contribution < -0.4 is 0 Å². The smallest absolute Gasteiger partial charge is 0.335 e. The molecule has 0 bridgehead atoms. The van der Waals surface area contributed by atoms with Crippen molar-refractivity contribution in [1.29, 1.82) is 0 Å². The molecule has 0 aliphatic rings. The number of aromatic nitrogens is 1. The van der Waals surface area contributed by atoms with Crippen LogP contribution in [-0.2, 0) is 0 Å². The maximum atomic E-state index is 11.4. The van der Waals surface area contributed by atoms with E-state index in [-0.39, 0.29) is 28.6 Å². The molecule has 1 heterocycles. The number of para-hydroxylation sites is 1. The van der Waals surface area contributed by atoms with Gasteiger partial charge in [0.15, 0.2) is 11.4 Å². The maximum Gasteiger partial charge on any atom is 0.335 e. The highest BCUT2D eigenvalue weighted by Gasteiger charge is 2.19. The number of fused-ring (bicyclic) bond motifs is 1. The lowest BCUT2D eigenvalue weighted by molar-refractivity contribution is 0.0697. The molecule has 4 aromatic carbocycles. The molecule has 0 amide bonds.